The number of carboxylic acids is 1. The van der Waals surface area contributed by atoms with Crippen LogP contribution in [0.15, 0.2) is 35.3 Å². The second kappa shape index (κ2) is 7.82. The van der Waals surface area contributed by atoms with Gasteiger partial charge in [-0.05, 0) is 37.5 Å². The zero-order chi connectivity index (χ0) is 25.2. The van der Waals surface area contributed by atoms with Gasteiger partial charge in [0, 0.05) is 43.7 Å². The maximum atomic E-state index is 15.3. The lowest BCUT2D eigenvalue weighted by molar-refractivity contribution is -0.119. The molecule has 2 aromatic heterocycles. The molecular weight excluding hydrogens is 465 g/mol. The summed E-state index contributed by atoms with van der Waals surface area (Å²) < 4.78 is 44.5. The average molecular weight is 486 g/mol. The molecule has 1 aromatic carbocycles. The first-order chi connectivity index (χ1) is 16.5. The van der Waals surface area contributed by atoms with Crippen LogP contribution in [0.5, 0.6) is 0 Å². The fourth-order valence-corrected chi connectivity index (χ4v) is 5.22. The number of halogens is 3. The number of rotatable bonds is 5. The number of pyridine rings is 2. The summed E-state index contributed by atoms with van der Waals surface area (Å²) >= 11 is 0. The number of piperidine rings is 1. The zero-order valence-corrected chi connectivity index (χ0v) is 18.8. The zero-order valence-electron chi connectivity index (χ0n) is 18.8. The van der Waals surface area contributed by atoms with Crippen molar-refractivity contribution < 1.29 is 27.9 Å². The number of fused-ring (bicyclic) bond motifs is 2. The number of carbonyl (C=O) groups excluding carboxylic acids is 1. The summed E-state index contributed by atoms with van der Waals surface area (Å²) in [6, 6.07) is 3.39. The summed E-state index contributed by atoms with van der Waals surface area (Å²) in [6.07, 6.45) is 1.77. The molecule has 1 amide bonds. The van der Waals surface area contributed by atoms with E-state index in [1.54, 1.807) is 4.90 Å². The maximum absolute atomic E-state index is 15.3. The summed E-state index contributed by atoms with van der Waals surface area (Å²) in [6.45, 7) is 4.24. The van der Waals surface area contributed by atoms with Crippen molar-refractivity contribution in [3.8, 4) is 5.69 Å². The van der Waals surface area contributed by atoms with E-state index >= 15 is 4.39 Å². The highest BCUT2D eigenvalue weighted by atomic mass is 19.1. The largest absolute Gasteiger partial charge is 0.477 e. The first-order valence-electron chi connectivity index (χ1n) is 11.0. The fraction of sp³-hybridized carbons (Fsp3) is 0.333. The summed E-state index contributed by atoms with van der Waals surface area (Å²) in [5, 5.41) is 12.0. The van der Waals surface area contributed by atoms with Gasteiger partial charge in [0.15, 0.2) is 17.3 Å². The number of carbonyl (C=O) groups is 2. The molecule has 2 N–H and O–H groups in total. The Hall–Kier alpha value is -3.89. The third kappa shape index (κ3) is 3.53. The predicted octanol–water partition coefficient (Wildman–Crippen LogP) is 2.85. The van der Waals surface area contributed by atoms with Gasteiger partial charge >= 0.3 is 5.97 Å². The van der Waals surface area contributed by atoms with Crippen LogP contribution in [0.2, 0.25) is 0 Å². The van der Waals surface area contributed by atoms with Crippen molar-refractivity contribution in [2.24, 2.45) is 11.3 Å². The molecule has 3 heterocycles. The van der Waals surface area contributed by atoms with Gasteiger partial charge in [-0.3, -0.25) is 14.2 Å². The Balaban J connectivity index is 1.68. The predicted molar refractivity (Wildman–Crippen MR) is 120 cm³/mol. The van der Waals surface area contributed by atoms with E-state index in [1.165, 1.54) is 6.92 Å². The molecule has 1 aliphatic heterocycles. The van der Waals surface area contributed by atoms with Gasteiger partial charge < -0.3 is 15.3 Å². The van der Waals surface area contributed by atoms with Crippen LogP contribution in [0, 0.1) is 28.8 Å². The second-order valence-electron chi connectivity index (χ2n) is 9.18. The van der Waals surface area contributed by atoms with Crippen LogP contribution in [0.4, 0.5) is 19.0 Å². The normalized spacial score (nSPS) is 22.8. The number of nitrogens with zero attached hydrogens (tertiary/aromatic N) is 3. The molecule has 11 heteroatoms. The lowest BCUT2D eigenvalue weighted by Crippen LogP contribution is -2.41. The molecule has 0 spiro atoms. The van der Waals surface area contributed by atoms with Crippen LogP contribution in [0.25, 0.3) is 16.7 Å². The third-order valence-electron chi connectivity index (χ3n) is 7.25. The fourth-order valence-electron chi connectivity index (χ4n) is 5.22. The molecule has 3 atom stereocenters. The standard InChI is InChI=1S/C24H21F3N4O4/c1-11-24(10-28-12(2)32)7-13(24)8-30(11)22-18(27)6-15-20(33)16(23(34)35)9-31(21(15)29-22)19-4-3-14(25)5-17(19)26/h3-6,9,11,13H,7-8,10H2,1-2H3,(H,28,32)(H,34,35)/t11-,13-,24-/m0/s1. The van der Waals surface area contributed by atoms with Crippen LogP contribution in [-0.2, 0) is 4.79 Å². The van der Waals surface area contributed by atoms with E-state index in [0.717, 1.165) is 35.4 Å². The van der Waals surface area contributed by atoms with Crippen LogP contribution in [-0.4, -0.2) is 45.7 Å². The Morgan fingerprint density at radius 2 is 1.97 bits per heavy atom. The molecule has 2 fully saturated rings. The Kier molecular flexibility index (Phi) is 5.11. The minimum Gasteiger partial charge on any atom is -0.477 e. The Morgan fingerprint density at radius 1 is 1.23 bits per heavy atom. The number of nitrogens with one attached hydrogen (secondary N) is 1. The van der Waals surface area contributed by atoms with E-state index in [0.29, 0.717) is 19.2 Å². The minimum atomic E-state index is -1.58. The van der Waals surface area contributed by atoms with E-state index in [1.807, 2.05) is 6.92 Å². The Morgan fingerprint density at radius 3 is 2.63 bits per heavy atom. The van der Waals surface area contributed by atoms with Gasteiger partial charge in [-0.1, -0.05) is 0 Å². The number of anilines is 1. The molecule has 8 nitrogen and oxygen atoms in total. The van der Waals surface area contributed by atoms with Gasteiger partial charge in [-0.2, -0.15) is 0 Å². The van der Waals surface area contributed by atoms with E-state index in [2.05, 4.69) is 10.3 Å². The van der Waals surface area contributed by atoms with Gasteiger partial charge in [0.25, 0.3) is 0 Å². The van der Waals surface area contributed by atoms with Crippen molar-refractivity contribution >= 4 is 28.7 Å². The summed E-state index contributed by atoms with van der Waals surface area (Å²) in [4.78, 5) is 42.0. The molecule has 3 aromatic rings. The highest BCUT2D eigenvalue weighted by molar-refractivity contribution is 5.92. The molecule has 2 aliphatic rings. The van der Waals surface area contributed by atoms with Crippen molar-refractivity contribution in [1.82, 2.24) is 14.9 Å². The van der Waals surface area contributed by atoms with Crippen LogP contribution >= 0.6 is 0 Å². The second-order valence-corrected chi connectivity index (χ2v) is 9.18. The van der Waals surface area contributed by atoms with Crippen LogP contribution in [0.1, 0.15) is 30.6 Å². The highest BCUT2D eigenvalue weighted by Gasteiger charge is 2.64. The quantitative estimate of drug-likeness (QED) is 0.575. The van der Waals surface area contributed by atoms with Gasteiger partial charge in [-0.15, -0.1) is 0 Å². The van der Waals surface area contributed by atoms with Crippen LogP contribution in [0.3, 0.4) is 0 Å². The lowest BCUT2D eigenvalue weighted by atomic mass is 9.97. The van der Waals surface area contributed by atoms with E-state index in [9.17, 15) is 28.3 Å². The summed E-state index contributed by atoms with van der Waals surface area (Å²) in [5.74, 6) is -4.28. The topological polar surface area (TPSA) is 105 Å². The van der Waals surface area contributed by atoms with Gasteiger partial charge in [-0.25, -0.2) is 22.9 Å². The van der Waals surface area contributed by atoms with Crippen molar-refractivity contribution in [2.45, 2.75) is 26.3 Å². The smallest absolute Gasteiger partial charge is 0.341 e. The van der Waals surface area contributed by atoms with E-state index in [-0.39, 0.29) is 45.8 Å². The molecule has 5 rings (SSSR count). The van der Waals surface area contributed by atoms with Crippen molar-refractivity contribution in [3.05, 3.63) is 63.7 Å². The maximum Gasteiger partial charge on any atom is 0.341 e. The average Bonchev–Trinajstić information content (AvgIpc) is 3.43. The molecule has 0 unspecified atom stereocenters. The van der Waals surface area contributed by atoms with Crippen LogP contribution < -0.4 is 15.6 Å². The molecule has 0 bridgehead atoms. The SMILES string of the molecule is CC(=O)NC[C@]12C[C@H]1CN(c1nc3c(cc1F)c(=O)c(C(=O)O)cn3-c1ccc(F)cc1F)[C@H]2C. The van der Waals surface area contributed by atoms with Crippen molar-refractivity contribution in [3.63, 3.8) is 0 Å². The number of aromatic carboxylic acids is 1. The monoisotopic (exact) mass is 486 g/mol. The molecule has 1 aliphatic carbocycles. The molecule has 0 radical (unpaired) electrons. The van der Waals surface area contributed by atoms with Gasteiger partial charge in [0.1, 0.15) is 17.2 Å². The molecule has 182 valence electrons. The van der Waals surface area contributed by atoms with Crippen molar-refractivity contribution in [2.75, 3.05) is 18.0 Å². The molecular formula is C24H21F3N4O4. The third-order valence-corrected chi connectivity index (χ3v) is 7.25. The number of amides is 1. The summed E-state index contributed by atoms with van der Waals surface area (Å²) in [5.41, 5.74) is -2.32. The Labute approximate surface area is 197 Å². The van der Waals surface area contributed by atoms with Gasteiger partial charge in [0.05, 0.1) is 11.1 Å². The highest BCUT2D eigenvalue weighted by Crippen LogP contribution is 2.61. The number of hydrogen-bond acceptors (Lipinski definition) is 5. The number of hydrogen-bond donors (Lipinski definition) is 2. The van der Waals surface area contributed by atoms with Gasteiger partial charge in [0.2, 0.25) is 11.3 Å². The van der Waals surface area contributed by atoms with E-state index in [4.69, 9.17) is 0 Å². The number of carboxylic acid groups (broad SMARTS) is 1. The Bertz CT molecular complexity index is 1470. The first-order valence-corrected chi connectivity index (χ1v) is 11.0. The molecule has 1 saturated heterocycles. The van der Waals surface area contributed by atoms with Crippen molar-refractivity contribution in [1.29, 1.82) is 0 Å². The summed E-state index contributed by atoms with van der Waals surface area (Å²) in [7, 11) is 0. The minimum absolute atomic E-state index is 0.0712. The number of aromatic nitrogens is 2. The molecule has 1 saturated carbocycles. The van der Waals surface area contributed by atoms with E-state index < -0.39 is 34.4 Å². The molecule has 35 heavy (non-hydrogen) atoms. The first kappa shape index (κ1) is 22.9. The lowest BCUT2D eigenvalue weighted by Gasteiger charge is -2.30. The number of benzene rings is 1.